The van der Waals surface area contributed by atoms with Crippen molar-refractivity contribution in [2.45, 2.75) is 26.5 Å². The molecule has 122 valence electrons. The van der Waals surface area contributed by atoms with Crippen molar-refractivity contribution < 1.29 is 14.3 Å². The van der Waals surface area contributed by atoms with Crippen LogP contribution in [0.3, 0.4) is 0 Å². The molecular weight excluding hydrogens is 295 g/mol. The molecule has 0 atom stereocenters. The summed E-state index contributed by atoms with van der Waals surface area (Å²) in [7, 11) is 0. The average molecular weight is 316 g/mol. The van der Waals surface area contributed by atoms with E-state index in [1.807, 2.05) is 31.2 Å². The lowest BCUT2D eigenvalue weighted by molar-refractivity contribution is 0.240. The number of hydrogen-bond donors (Lipinski definition) is 3. The summed E-state index contributed by atoms with van der Waals surface area (Å²) in [6.07, 6.45) is 0.652. The van der Waals surface area contributed by atoms with Crippen molar-refractivity contribution in [1.29, 1.82) is 0 Å². The van der Waals surface area contributed by atoms with Gasteiger partial charge in [-0.15, -0.1) is 0 Å². The molecule has 23 heavy (non-hydrogen) atoms. The van der Waals surface area contributed by atoms with E-state index in [0.29, 0.717) is 19.5 Å². The number of halogens is 1. The lowest BCUT2D eigenvalue weighted by atomic mass is 10.1. The summed E-state index contributed by atoms with van der Waals surface area (Å²) in [6.45, 7) is 2.72. The molecule has 0 fully saturated rings. The predicted molar refractivity (Wildman–Crippen MR) is 87.4 cm³/mol. The van der Waals surface area contributed by atoms with E-state index in [-0.39, 0.29) is 18.5 Å². The topological polar surface area (TPSA) is 61.4 Å². The fraction of sp³-hybridized carbons (Fsp3) is 0.278. The first kappa shape index (κ1) is 17.0. The SMILES string of the molecule is Cc1cc(F)ccc1CCNC(=O)NCc1cccc(CO)c1. The molecule has 2 rings (SSSR count). The summed E-state index contributed by atoms with van der Waals surface area (Å²) in [5, 5.41) is 14.6. The summed E-state index contributed by atoms with van der Waals surface area (Å²) >= 11 is 0. The van der Waals surface area contributed by atoms with Crippen LogP contribution in [-0.2, 0) is 19.6 Å². The minimum Gasteiger partial charge on any atom is -0.392 e. The number of hydrogen-bond acceptors (Lipinski definition) is 2. The molecule has 0 aliphatic heterocycles. The number of rotatable bonds is 6. The van der Waals surface area contributed by atoms with Crippen LogP contribution in [0.4, 0.5) is 9.18 Å². The number of carbonyl (C=O) groups is 1. The molecule has 2 aromatic rings. The van der Waals surface area contributed by atoms with E-state index in [9.17, 15) is 9.18 Å². The van der Waals surface area contributed by atoms with Crippen LogP contribution in [0.1, 0.15) is 22.3 Å². The van der Waals surface area contributed by atoms with Crippen molar-refractivity contribution in [1.82, 2.24) is 10.6 Å². The van der Waals surface area contributed by atoms with Crippen molar-refractivity contribution >= 4 is 6.03 Å². The zero-order valence-electron chi connectivity index (χ0n) is 13.1. The van der Waals surface area contributed by atoms with Gasteiger partial charge in [0.25, 0.3) is 0 Å². The Labute approximate surface area is 135 Å². The first-order valence-corrected chi connectivity index (χ1v) is 7.54. The highest BCUT2D eigenvalue weighted by molar-refractivity contribution is 5.73. The fourth-order valence-corrected chi connectivity index (χ4v) is 2.33. The van der Waals surface area contributed by atoms with Crippen molar-refractivity contribution in [3.63, 3.8) is 0 Å². The lowest BCUT2D eigenvalue weighted by Gasteiger charge is -2.10. The van der Waals surface area contributed by atoms with Crippen molar-refractivity contribution in [3.05, 3.63) is 70.5 Å². The van der Waals surface area contributed by atoms with E-state index in [4.69, 9.17) is 5.11 Å². The molecule has 5 heteroatoms. The van der Waals surface area contributed by atoms with Gasteiger partial charge < -0.3 is 15.7 Å². The largest absolute Gasteiger partial charge is 0.392 e. The van der Waals surface area contributed by atoms with Crippen LogP contribution in [0, 0.1) is 12.7 Å². The number of aryl methyl sites for hydroxylation is 1. The van der Waals surface area contributed by atoms with Crippen LogP contribution < -0.4 is 10.6 Å². The van der Waals surface area contributed by atoms with Gasteiger partial charge in [-0.05, 0) is 47.7 Å². The van der Waals surface area contributed by atoms with Crippen LogP contribution in [-0.4, -0.2) is 17.7 Å². The first-order chi connectivity index (χ1) is 11.1. The summed E-state index contributed by atoms with van der Waals surface area (Å²) in [6, 6.07) is 11.8. The molecule has 0 aliphatic rings. The Morgan fingerprint density at radius 1 is 1.13 bits per heavy atom. The van der Waals surface area contributed by atoms with E-state index < -0.39 is 0 Å². The molecule has 0 bridgehead atoms. The quantitative estimate of drug-likeness (QED) is 0.767. The molecule has 0 saturated heterocycles. The van der Waals surface area contributed by atoms with Crippen molar-refractivity contribution in [3.8, 4) is 0 Å². The maximum absolute atomic E-state index is 13.0. The molecular formula is C18H21FN2O2. The summed E-state index contributed by atoms with van der Waals surface area (Å²) in [5.74, 6) is -0.248. The molecule has 4 nitrogen and oxygen atoms in total. The number of aliphatic hydroxyl groups excluding tert-OH is 1. The standard InChI is InChI=1S/C18H21FN2O2/c1-13-9-17(19)6-5-16(13)7-8-20-18(23)21-11-14-3-2-4-15(10-14)12-22/h2-6,9-10,22H,7-8,11-12H2,1H3,(H2,20,21,23). The Balaban J connectivity index is 1.74. The van der Waals surface area contributed by atoms with Crippen LogP contribution in [0.5, 0.6) is 0 Å². The highest BCUT2D eigenvalue weighted by Gasteiger charge is 2.03. The minimum atomic E-state index is -0.251. The number of aliphatic hydroxyl groups is 1. The van der Waals surface area contributed by atoms with Gasteiger partial charge in [0.2, 0.25) is 0 Å². The third kappa shape index (κ3) is 5.38. The van der Waals surface area contributed by atoms with Gasteiger partial charge in [0.1, 0.15) is 5.82 Å². The lowest BCUT2D eigenvalue weighted by Crippen LogP contribution is -2.36. The molecule has 0 saturated carbocycles. The molecule has 2 amide bonds. The number of amides is 2. The van der Waals surface area contributed by atoms with Gasteiger partial charge in [0.15, 0.2) is 0 Å². The van der Waals surface area contributed by atoms with E-state index in [2.05, 4.69) is 10.6 Å². The smallest absolute Gasteiger partial charge is 0.315 e. The van der Waals surface area contributed by atoms with Crippen LogP contribution in [0.2, 0.25) is 0 Å². The molecule has 0 aromatic heterocycles. The van der Waals surface area contributed by atoms with Crippen LogP contribution in [0.15, 0.2) is 42.5 Å². The third-order valence-corrected chi connectivity index (χ3v) is 3.61. The minimum absolute atomic E-state index is 0.0168. The van der Waals surface area contributed by atoms with E-state index in [1.54, 1.807) is 6.07 Å². The number of nitrogens with one attached hydrogen (secondary N) is 2. The second-order valence-corrected chi connectivity index (χ2v) is 5.41. The van der Waals surface area contributed by atoms with Crippen LogP contribution in [0.25, 0.3) is 0 Å². The second kappa shape index (κ2) is 8.29. The monoisotopic (exact) mass is 316 g/mol. The molecule has 0 heterocycles. The molecule has 0 spiro atoms. The third-order valence-electron chi connectivity index (χ3n) is 3.61. The Morgan fingerprint density at radius 3 is 2.65 bits per heavy atom. The molecule has 0 aliphatic carbocycles. The second-order valence-electron chi connectivity index (χ2n) is 5.41. The van der Waals surface area contributed by atoms with Crippen molar-refractivity contribution in [2.75, 3.05) is 6.54 Å². The van der Waals surface area contributed by atoms with Gasteiger partial charge in [0.05, 0.1) is 6.61 Å². The Kier molecular flexibility index (Phi) is 6.11. The average Bonchev–Trinajstić information content (AvgIpc) is 2.55. The van der Waals surface area contributed by atoms with E-state index in [0.717, 1.165) is 22.3 Å². The summed E-state index contributed by atoms with van der Waals surface area (Å²) < 4.78 is 13.0. The highest BCUT2D eigenvalue weighted by atomic mass is 19.1. The van der Waals surface area contributed by atoms with Gasteiger partial charge >= 0.3 is 6.03 Å². The first-order valence-electron chi connectivity index (χ1n) is 7.54. The summed E-state index contributed by atoms with van der Waals surface area (Å²) in [5.41, 5.74) is 3.65. The summed E-state index contributed by atoms with van der Waals surface area (Å²) in [4.78, 5) is 11.8. The van der Waals surface area contributed by atoms with Gasteiger partial charge in [-0.1, -0.05) is 30.3 Å². The van der Waals surface area contributed by atoms with Gasteiger partial charge in [-0.3, -0.25) is 0 Å². The number of urea groups is 1. The Hall–Kier alpha value is -2.40. The maximum atomic E-state index is 13.0. The molecule has 0 unspecified atom stereocenters. The van der Waals surface area contributed by atoms with Crippen LogP contribution >= 0.6 is 0 Å². The van der Waals surface area contributed by atoms with E-state index >= 15 is 0 Å². The molecule has 2 aromatic carbocycles. The molecule has 3 N–H and O–H groups in total. The molecule has 0 radical (unpaired) electrons. The predicted octanol–water partition coefficient (Wildman–Crippen LogP) is 2.67. The maximum Gasteiger partial charge on any atom is 0.315 e. The number of benzene rings is 2. The Bertz CT molecular complexity index is 674. The number of carbonyl (C=O) groups excluding carboxylic acids is 1. The zero-order chi connectivity index (χ0) is 16.7. The van der Waals surface area contributed by atoms with E-state index in [1.165, 1.54) is 12.1 Å². The van der Waals surface area contributed by atoms with Gasteiger partial charge in [-0.25, -0.2) is 9.18 Å². The van der Waals surface area contributed by atoms with Gasteiger partial charge in [0, 0.05) is 13.1 Å². The van der Waals surface area contributed by atoms with Crippen molar-refractivity contribution in [2.24, 2.45) is 0 Å². The highest BCUT2D eigenvalue weighted by Crippen LogP contribution is 2.10. The fourth-order valence-electron chi connectivity index (χ4n) is 2.33. The normalized spacial score (nSPS) is 10.4. The Morgan fingerprint density at radius 2 is 1.91 bits per heavy atom. The van der Waals surface area contributed by atoms with Gasteiger partial charge in [-0.2, -0.15) is 0 Å². The zero-order valence-corrected chi connectivity index (χ0v) is 13.1.